The van der Waals surface area contributed by atoms with Gasteiger partial charge in [0.2, 0.25) is 0 Å². The molecule has 0 saturated carbocycles. The monoisotopic (exact) mass is 190 g/mol. The summed E-state index contributed by atoms with van der Waals surface area (Å²) in [6.07, 6.45) is 1.26. The molecule has 68 valence electrons. The molecule has 3 saturated heterocycles. The second kappa shape index (κ2) is 1.71. The fourth-order valence-corrected chi connectivity index (χ4v) is 4.58. The summed E-state index contributed by atoms with van der Waals surface area (Å²) < 4.78 is 33.3. The van der Waals surface area contributed by atoms with Gasteiger partial charge in [0.05, 0.1) is 6.10 Å². The molecule has 0 spiro atoms. The van der Waals surface area contributed by atoms with Crippen LogP contribution < -0.4 is 0 Å². The predicted molar refractivity (Wildman–Crippen MR) is 40.1 cm³/mol. The van der Waals surface area contributed by atoms with E-state index in [1.165, 1.54) is 0 Å². The molecule has 0 N–H and O–H groups in total. The first kappa shape index (κ1) is 7.29. The molecule has 0 radical (unpaired) electrons. The van der Waals surface area contributed by atoms with E-state index < -0.39 is 21.0 Å². The quantitative estimate of drug-likeness (QED) is 0.506. The molecule has 0 aromatic rings. The summed E-state index contributed by atoms with van der Waals surface area (Å²) in [5.74, 6) is 0. The summed E-state index contributed by atoms with van der Waals surface area (Å²) in [6, 6.07) is 0. The van der Waals surface area contributed by atoms with Gasteiger partial charge >= 0.3 is 0 Å². The van der Waals surface area contributed by atoms with E-state index in [0.29, 0.717) is 6.42 Å². The fourth-order valence-electron chi connectivity index (χ4n) is 2.62. The maximum absolute atomic E-state index is 11.4. The third-order valence-corrected chi connectivity index (χ3v) is 5.11. The first-order valence-corrected chi connectivity index (χ1v) is 5.59. The minimum absolute atomic E-state index is 0.113. The standard InChI is InChI=1S/C7H10O4S/c1-7-5-2-4(10-7)3-6(7)12(8,9)11-5/h4-6H,2-3H2,1H3. The summed E-state index contributed by atoms with van der Waals surface area (Å²) in [5, 5.41) is -0.409. The molecule has 0 aromatic carbocycles. The molecule has 3 heterocycles. The first-order chi connectivity index (χ1) is 5.52. The number of fused-ring (bicyclic) bond motifs is 1. The van der Waals surface area contributed by atoms with Crippen LogP contribution >= 0.6 is 0 Å². The lowest BCUT2D eigenvalue weighted by molar-refractivity contribution is 0.00117. The van der Waals surface area contributed by atoms with Crippen LogP contribution in [-0.2, 0) is 19.0 Å². The van der Waals surface area contributed by atoms with Crippen molar-refractivity contribution >= 4 is 10.1 Å². The lowest BCUT2D eigenvalue weighted by Gasteiger charge is -2.20. The Morgan fingerprint density at radius 3 is 2.67 bits per heavy atom. The minimum Gasteiger partial charge on any atom is -0.368 e. The number of ether oxygens (including phenoxy) is 1. The van der Waals surface area contributed by atoms with Crippen LogP contribution in [0.4, 0.5) is 0 Å². The highest BCUT2D eigenvalue weighted by Crippen LogP contribution is 2.53. The average molecular weight is 190 g/mol. The molecule has 4 nitrogen and oxygen atoms in total. The Morgan fingerprint density at radius 1 is 1.42 bits per heavy atom. The van der Waals surface area contributed by atoms with E-state index in [1.54, 1.807) is 0 Å². The van der Waals surface area contributed by atoms with E-state index in [-0.39, 0.29) is 12.2 Å². The lowest BCUT2D eigenvalue weighted by atomic mass is 9.87. The van der Waals surface area contributed by atoms with E-state index in [1.807, 2.05) is 6.92 Å². The Bertz CT molecular complexity index is 335. The van der Waals surface area contributed by atoms with Crippen molar-refractivity contribution in [2.24, 2.45) is 0 Å². The third-order valence-electron chi connectivity index (χ3n) is 3.25. The topological polar surface area (TPSA) is 52.6 Å². The van der Waals surface area contributed by atoms with Crippen LogP contribution in [0.2, 0.25) is 0 Å². The maximum Gasteiger partial charge on any atom is 0.273 e. The van der Waals surface area contributed by atoms with Crippen LogP contribution in [0.15, 0.2) is 0 Å². The van der Waals surface area contributed by atoms with Crippen LogP contribution in [0.3, 0.4) is 0 Å². The molecule has 0 aliphatic carbocycles. The summed E-state index contributed by atoms with van der Waals surface area (Å²) >= 11 is 0. The molecule has 3 aliphatic rings. The molecular weight excluding hydrogens is 180 g/mol. The number of hydrogen-bond donors (Lipinski definition) is 0. The Morgan fingerprint density at radius 2 is 2.17 bits per heavy atom. The van der Waals surface area contributed by atoms with E-state index in [9.17, 15) is 8.42 Å². The highest BCUT2D eigenvalue weighted by Gasteiger charge is 2.68. The average Bonchev–Trinajstić information content (AvgIpc) is 2.39. The Labute approximate surface area is 71.0 Å². The van der Waals surface area contributed by atoms with Crippen molar-refractivity contribution in [1.29, 1.82) is 0 Å². The highest BCUT2D eigenvalue weighted by molar-refractivity contribution is 7.87. The van der Waals surface area contributed by atoms with Crippen LogP contribution in [0.25, 0.3) is 0 Å². The zero-order chi connectivity index (χ0) is 8.56. The second-order valence-corrected chi connectivity index (χ2v) is 5.71. The van der Waals surface area contributed by atoms with Gasteiger partial charge in [0.1, 0.15) is 17.0 Å². The summed E-state index contributed by atoms with van der Waals surface area (Å²) in [5.41, 5.74) is -0.538. The Balaban J connectivity index is 2.20. The van der Waals surface area contributed by atoms with Crippen molar-refractivity contribution in [3.63, 3.8) is 0 Å². The highest BCUT2D eigenvalue weighted by atomic mass is 32.2. The van der Waals surface area contributed by atoms with E-state index in [0.717, 1.165) is 6.42 Å². The lowest BCUT2D eigenvalue weighted by Crippen LogP contribution is -2.40. The number of rotatable bonds is 0. The maximum atomic E-state index is 11.4. The van der Waals surface area contributed by atoms with Gasteiger partial charge in [0.25, 0.3) is 10.1 Å². The van der Waals surface area contributed by atoms with Gasteiger partial charge in [-0.15, -0.1) is 0 Å². The van der Waals surface area contributed by atoms with Crippen molar-refractivity contribution in [1.82, 2.24) is 0 Å². The molecule has 12 heavy (non-hydrogen) atoms. The van der Waals surface area contributed by atoms with Crippen molar-refractivity contribution in [2.45, 2.75) is 42.8 Å². The normalized spacial score (nSPS) is 59.6. The SMILES string of the molecule is CC12OC3CC1OS(=O)(=O)C2C3. The van der Waals surface area contributed by atoms with Crippen LogP contribution in [-0.4, -0.2) is 31.5 Å². The molecule has 4 atom stereocenters. The Hall–Kier alpha value is -0.130. The molecule has 2 bridgehead atoms. The van der Waals surface area contributed by atoms with E-state index in [2.05, 4.69) is 0 Å². The van der Waals surface area contributed by atoms with Crippen molar-refractivity contribution in [3.8, 4) is 0 Å². The first-order valence-electron chi connectivity index (χ1n) is 4.12. The summed E-state index contributed by atoms with van der Waals surface area (Å²) in [6.45, 7) is 1.85. The molecule has 3 fully saturated rings. The molecular formula is C7H10O4S. The molecule has 5 heteroatoms. The summed E-state index contributed by atoms with van der Waals surface area (Å²) in [4.78, 5) is 0. The van der Waals surface area contributed by atoms with Gasteiger partial charge < -0.3 is 4.74 Å². The smallest absolute Gasteiger partial charge is 0.273 e. The van der Waals surface area contributed by atoms with Crippen molar-refractivity contribution in [3.05, 3.63) is 0 Å². The zero-order valence-electron chi connectivity index (χ0n) is 6.69. The van der Waals surface area contributed by atoms with Crippen LogP contribution in [0.1, 0.15) is 19.8 Å². The zero-order valence-corrected chi connectivity index (χ0v) is 7.50. The molecule has 4 unspecified atom stereocenters. The molecule has 3 rings (SSSR count). The van der Waals surface area contributed by atoms with Gasteiger partial charge in [-0.05, 0) is 13.3 Å². The fraction of sp³-hybridized carbons (Fsp3) is 1.00. The van der Waals surface area contributed by atoms with Gasteiger partial charge in [-0.1, -0.05) is 0 Å². The third kappa shape index (κ3) is 0.604. The molecule has 0 aromatic heterocycles. The van der Waals surface area contributed by atoms with Gasteiger partial charge in [-0.2, -0.15) is 8.42 Å². The molecule has 0 amide bonds. The predicted octanol–water partition coefficient (Wildman–Crippen LogP) is 0.0349. The summed E-state index contributed by atoms with van der Waals surface area (Å²) in [7, 11) is -3.31. The van der Waals surface area contributed by atoms with Gasteiger partial charge in [-0.25, -0.2) is 0 Å². The minimum atomic E-state index is -3.31. The largest absolute Gasteiger partial charge is 0.368 e. The van der Waals surface area contributed by atoms with Crippen molar-refractivity contribution in [2.75, 3.05) is 0 Å². The molecule has 3 aliphatic heterocycles. The van der Waals surface area contributed by atoms with Gasteiger partial charge in [0, 0.05) is 6.42 Å². The van der Waals surface area contributed by atoms with Gasteiger partial charge in [0.15, 0.2) is 0 Å². The Kier molecular flexibility index (Phi) is 1.04. The van der Waals surface area contributed by atoms with E-state index >= 15 is 0 Å². The van der Waals surface area contributed by atoms with E-state index in [4.69, 9.17) is 8.92 Å². The van der Waals surface area contributed by atoms with Gasteiger partial charge in [-0.3, -0.25) is 4.18 Å². The second-order valence-electron chi connectivity index (χ2n) is 3.96. The number of hydrogen-bond acceptors (Lipinski definition) is 4. The van der Waals surface area contributed by atoms with Crippen LogP contribution in [0, 0.1) is 0 Å². The van der Waals surface area contributed by atoms with Crippen LogP contribution in [0.5, 0.6) is 0 Å². The van der Waals surface area contributed by atoms with Crippen molar-refractivity contribution < 1.29 is 17.3 Å².